The van der Waals surface area contributed by atoms with Crippen molar-refractivity contribution in [2.45, 2.75) is 78.7 Å². The second kappa shape index (κ2) is 11.0. The molecule has 2 rings (SSSR count). The molecule has 144 valence electrons. The fraction of sp³-hybridized carbons (Fsp3) is 0.636. The third kappa shape index (κ3) is 6.15. The van der Waals surface area contributed by atoms with Crippen LogP contribution in [0.5, 0.6) is 0 Å². The van der Waals surface area contributed by atoms with Gasteiger partial charge in [-0.15, -0.1) is 0 Å². The van der Waals surface area contributed by atoms with Crippen LogP contribution in [-0.2, 0) is 17.8 Å². The maximum Gasteiger partial charge on any atom is 0.222 e. The van der Waals surface area contributed by atoms with Crippen molar-refractivity contribution in [2.75, 3.05) is 6.54 Å². The molecule has 26 heavy (non-hydrogen) atoms. The van der Waals surface area contributed by atoms with Crippen molar-refractivity contribution in [3.05, 3.63) is 30.1 Å². The Bertz CT molecular complexity index is 675. The summed E-state index contributed by atoms with van der Waals surface area (Å²) in [5.41, 5.74) is 2.27. The Morgan fingerprint density at radius 1 is 1.08 bits per heavy atom. The Morgan fingerprint density at radius 3 is 2.50 bits per heavy atom. The molecule has 0 spiro atoms. The minimum absolute atomic E-state index is 0.0292. The number of aryl methyl sites for hydroxylation is 1. The summed E-state index contributed by atoms with van der Waals surface area (Å²) < 4.78 is 2.35. The van der Waals surface area contributed by atoms with Gasteiger partial charge >= 0.3 is 0 Å². The van der Waals surface area contributed by atoms with Crippen molar-refractivity contribution < 1.29 is 4.79 Å². The van der Waals surface area contributed by atoms with Gasteiger partial charge in [0.25, 0.3) is 0 Å². The summed E-state index contributed by atoms with van der Waals surface area (Å²) in [6.45, 7) is 7.77. The third-order valence-corrected chi connectivity index (χ3v) is 4.89. The second-order valence-corrected chi connectivity index (χ2v) is 7.49. The minimum atomic E-state index is 0.0292. The van der Waals surface area contributed by atoms with E-state index in [-0.39, 0.29) is 11.8 Å². The molecule has 0 aliphatic heterocycles. The van der Waals surface area contributed by atoms with Crippen LogP contribution in [0.25, 0.3) is 11.0 Å². The lowest BCUT2D eigenvalue weighted by Gasteiger charge is -2.11. The number of fused-ring (bicyclic) bond motifs is 1. The van der Waals surface area contributed by atoms with Crippen molar-refractivity contribution in [1.82, 2.24) is 14.9 Å². The molecule has 4 heteroatoms. The van der Waals surface area contributed by atoms with E-state index in [0.29, 0.717) is 6.54 Å². The van der Waals surface area contributed by atoms with Gasteiger partial charge in [-0.05, 0) is 18.6 Å². The Labute approximate surface area is 158 Å². The monoisotopic (exact) mass is 357 g/mol. The first-order chi connectivity index (χ1) is 12.6. The van der Waals surface area contributed by atoms with E-state index in [1.165, 1.54) is 50.5 Å². The fourth-order valence-corrected chi connectivity index (χ4v) is 3.29. The number of carbonyl (C=O) groups excluding carboxylic acids is 1. The summed E-state index contributed by atoms with van der Waals surface area (Å²) in [5.74, 6) is 1.22. The Hall–Kier alpha value is -1.84. The first-order valence-electron chi connectivity index (χ1n) is 10.3. The summed E-state index contributed by atoms with van der Waals surface area (Å²) in [5, 5.41) is 3.01. The average molecular weight is 358 g/mol. The number of para-hydroxylation sites is 2. The number of rotatable bonds is 12. The quantitative estimate of drug-likeness (QED) is 0.537. The van der Waals surface area contributed by atoms with E-state index >= 15 is 0 Å². The number of nitrogens with one attached hydrogen (secondary N) is 1. The van der Waals surface area contributed by atoms with E-state index < -0.39 is 0 Å². The lowest BCUT2D eigenvalue weighted by Crippen LogP contribution is -2.30. The fourth-order valence-electron chi connectivity index (χ4n) is 3.29. The highest BCUT2D eigenvalue weighted by Gasteiger charge is 2.11. The molecule has 0 atom stereocenters. The lowest BCUT2D eigenvalue weighted by atomic mass is 10.1. The molecule has 1 aromatic carbocycles. The topological polar surface area (TPSA) is 46.9 Å². The van der Waals surface area contributed by atoms with Crippen LogP contribution in [0.4, 0.5) is 0 Å². The average Bonchev–Trinajstić information content (AvgIpc) is 2.98. The number of benzene rings is 1. The van der Waals surface area contributed by atoms with E-state index in [1.807, 2.05) is 19.9 Å². The van der Waals surface area contributed by atoms with Crippen LogP contribution in [0.1, 0.15) is 71.5 Å². The molecule has 0 bridgehead atoms. The van der Waals surface area contributed by atoms with Crippen LogP contribution in [0.3, 0.4) is 0 Å². The van der Waals surface area contributed by atoms with E-state index in [1.54, 1.807) is 0 Å². The standard InChI is InChI=1S/C22H35N3O/c1-4-5-6-7-8-9-12-17-25-20-14-11-10-13-19(20)24-21(25)15-16-23-22(26)18(2)3/h10-11,13-14,18H,4-9,12,15-17H2,1-3H3,(H,23,26). The zero-order chi connectivity index (χ0) is 18.8. The maximum atomic E-state index is 11.8. The molecule has 1 heterocycles. The zero-order valence-electron chi connectivity index (χ0n) is 16.8. The molecule has 1 N–H and O–H groups in total. The molecule has 1 amide bonds. The normalized spacial score (nSPS) is 11.4. The molecular weight excluding hydrogens is 322 g/mol. The SMILES string of the molecule is CCCCCCCCCn1c(CCNC(=O)C(C)C)nc2ccccc21. The van der Waals surface area contributed by atoms with Crippen molar-refractivity contribution in [1.29, 1.82) is 0 Å². The van der Waals surface area contributed by atoms with Crippen LogP contribution < -0.4 is 5.32 Å². The van der Waals surface area contributed by atoms with E-state index in [0.717, 1.165) is 24.3 Å². The number of aromatic nitrogens is 2. The number of hydrogen-bond acceptors (Lipinski definition) is 2. The van der Waals surface area contributed by atoms with Gasteiger partial charge in [-0.25, -0.2) is 4.98 Å². The first-order valence-corrected chi connectivity index (χ1v) is 10.3. The summed E-state index contributed by atoms with van der Waals surface area (Å²) >= 11 is 0. The molecule has 0 saturated carbocycles. The Kier molecular flexibility index (Phi) is 8.66. The van der Waals surface area contributed by atoms with Crippen molar-refractivity contribution >= 4 is 16.9 Å². The van der Waals surface area contributed by atoms with Crippen LogP contribution in [0.2, 0.25) is 0 Å². The molecular formula is C22H35N3O. The van der Waals surface area contributed by atoms with Gasteiger partial charge in [-0.3, -0.25) is 4.79 Å². The number of nitrogens with zero attached hydrogens (tertiary/aromatic N) is 2. The van der Waals surface area contributed by atoms with Gasteiger partial charge in [0, 0.05) is 25.4 Å². The highest BCUT2D eigenvalue weighted by Crippen LogP contribution is 2.18. The Balaban J connectivity index is 1.91. The van der Waals surface area contributed by atoms with Crippen molar-refractivity contribution in [3.63, 3.8) is 0 Å². The van der Waals surface area contributed by atoms with Crippen molar-refractivity contribution in [3.8, 4) is 0 Å². The number of imidazole rings is 1. The molecule has 0 radical (unpaired) electrons. The van der Waals surface area contributed by atoms with Gasteiger partial charge in [0.2, 0.25) is 5.91 Å². The van der Waals surface area contributed by atoms with Gasteiger partial charge in [-0.2, -0.15) is 0 Å². The summed E-state index contributed by atoms with van der Waals surface area (Å²) in [6.07, 6.45) is 9.96. The van der Waals surface area contributed by atoms with Crippen molar-refractivity contribution in [2.24, 2.45) is 5.92 Å². The number of unbranched alkanes of at least 4 members (excludes halogenated alkanes) is 6. The van der Waals surface area contributed by atoms with Gasteiger partial charge in [-0.1, -0.05) is 71.4 Å². The maximum absolute atomic E-state index is 11.8. The molecule has 4 nitrogen and oxygen atoms in total. The Morgan fingerprint density at radius 2 is 1.77 bits per heavy atom. The summed E-state index contributed by atoms with van der Waals surface area (Å²) in [4.78, 5) is 16.6. The molecule has 0 fully saturated rings. The highest BCUT2D eigenvalue weighted by molar-refractivity contribution is 5.78. The van der Waals surface area contributed by atoms with E-state index in [9.17, 15) is 4.79 Å². The smallest absolute Gasteiger partial charge is 0.222 e. The highest BCUT2D eigenvalue weighted by atomic mass is 16.1. The number of carbonyl (C=O) groups is 1. The predicted octanol–water partition coefficient (Wildman–Crippen LogP) is 5.10. The summed E-state index contributed by atoms with van der Waals surface area (Å²) in [6, 6.07) is 8.35. The third-order valence-electron chi connectivity index (χ3n) is 4.89. The first kappa shape index (κ1) is 20.5. The lowest BCUT2D eigenvalue weighted by molar-refractivity contribution is -0.123. The summed E-state index contributed by atoms with van der Waals surface area (Å²) in [7, 11) is 0. The van der Waals surface area contributed by atoms with Gasteiger partial charge in [0.1, 0.15) is 5.82 Å². The predicted molar refractivity (Wildman–Crippen MR) is 109 cm³/mol. The molecule has 0 aliphatic carbocycles. The second-order valence-electron chi connectivity index (χ2n) is 7.49. The number of amides is 1. The largest absolute Gasteiger partial charge is 0.355 e. The zero-order valence-corrected chi connectivity index (χ0v) is 16.8. The molecule has 0 saturated heterocycles. The molecule has 1 aromatic heterocycles. The molecule has 0 aliphatic rings. The van der Waals surface area contributed by atoms with Crippen LogP contribution >= 0.6 is 0 Å². The van der Waals surface area contributed by atoms with Crippen LogP contribution in [-0.4, -0.2) is 22.0 Å². The van der Waals surface area contributed by atoms with Gasteiger partial charge < -0.3 is 9.88 Å². The van der Waals surface area contributed by atoms with Gasteiger partial charge in [0.05, 0.1) is 11.0 Å². The van der Waals surface area contributed by atoms with Gasteiger partial charge in [0.15, 0.2) is 0 Å². The number of hydrogen-bond donors (Lipinski definition) is 1. The molecule has 0 unspecified atom stereocenters. The van der Waals surface area contributed by atoms with E-state index in [2.05, 4.69) is 35.0 Å². The van der Waals surface area contributed by atoms with Crippen LogP contribution in [0, 0.1) is 5.92 Å². The minimum Gasteiger partial charge on any atom is -0.355 e. The van der Waals surface area contributed by atoms with Crippen LogP contribution in [0.15, 0.2) is 24.3 Å². The van der Waals surface area contributed by atoms with E-state index in [4.69, 9.17) is 4.98 Å². The molecule has 2 aromatic rings.